The maximum absolute atomic E-state index is 13.1. The number of benzene rings is 1. The molecule has 0 bridgehead atoms. The van der Waals surface area contributed by atoms with E-state index in [1.54, 1.807) is 30.3 Å². The van der Waals surface area contributed by atoms with E-state index in [-0.39, 0.29) is 12.8 Å². The average Bonchev–Trinajstić information content (AvgIpc) is 3.35. The summed E-state index contributed by atoms with van der Waals surface area (Å²) >= 11 is 0. The minimum absolute atomic E-state index is 0.0796. The molecular weight excluding hydrogens is 502 g/mol. The lowest BCUT2D eigenvalue weighted by molar-refractivity contribution is -0.143. The summed E-state index contributed by atoms with van der Waals surface area (Å²) < 4.78 is 0. The molecule has 15 nitrogen and oxygen atoms in total. The number of rotatable bonds is 15. The molecule has 1 aromatic heterocycles. The first kappa shape index (κ1) is 29.4. The minimum atomic E-state index is -1.66. The van der Waals surface area contributed by atoms with Gasteiger partial charge in [-0.05, 0) is 5.56 Å². The first-order valence-electron chi connectivity index (χ1n) is 11.4. The molecule has 2 rings (SSSR count). The van der Waals surface area contributed by atoms with Crippen molar-refractivity contribution in [3.05, 3.63) is 54.1 Å². The molecule has 0 spiro atoms. The molecule has 0 fully saturated rings. The fourth-order valence-electron chi connectivity index (χ4n) is 3.39. The third-order valence-electron chi connectivity index (χ3n) is 5.28. The molecule has 4 unspecified atom stereocenters. The van der Waals surface area contributed by atoms with Crippen LogP contribution < -0.4 is 27.4 Å². The summed E-state index contributed by atoms with van der Waals surface area (Å²) in [6, 6.07) is 2.64. The summed E-state index contributed by atoms with van der Waals surface area (Å²) in [5.41, 5.74) is 11.6. The minimum Gasteiger partial charge on any atom is -0.481 e. The molecule has 1 heterocycles. The van der Waals surface area contributed by atoms with Crippen molar-refractivity contribution in [1.82, 2.24) is 25.9 Å². The number of carboxylic acid groups (broad SMARTS) is 2. The zero-order valence-corrected chi connectivity index (χ0v) is 20.1. The second-order valence-corrected chi connectivity index (χ2v) is 8.37. The predicted octanol–water partition coefficient (Wildman–Crippen LogP) is -2.59. The number of aromatic nitrogens is 2. The summed E-state index contributed by atoms with van der Waals surface area (Å²) in [5.74, 6) is -6.56. The summed E-state index contributed by atoms with van der Waals surface area (Å²) in [7, 11) is 0. The topological polar surface area (TPSA) is 260 Å². The molecule has 38 heavy (non-hydrogen) atoms. The Labute approximate surface area is 216 Å². The van der Waals surface area contributed by atoms with Gasteiger partial charge in [-0.15, -0.1) is 0 Å². The van der Waals surface area contributed by atoms with Crippen molar-refractivity contribution in [2.45, 2.75) is 49.9 Å². The summed E-state index contributed by atoms with van der Waals surface area (Å²) in [4.78, 5) is 79.1. The van der Waals surface area contributed by atoms with Crippen LogP contribution in [-0.2, 0) is 41.6 Å². The number of nitrogens with one attached hydrogen (secondary N) is 4. The van der Waals surface area contributed by atoms with E-state index in [0.717, 1.165) is 0 Å². The molecule has 1 aromatic carbocycles. The highest BCUT2D eigenvalue weighted by atomic mass is 16.4. The van der Waals surface area contributed by atoms with Gasteiger partial charge in [0.05, 0.1) is 25.2 Å². The first-order chi connectivity index (χ1) is 18.0. The van der Waals surface area contributed by atoms with Gasteiger partial charge in [0.25, 0.3) is 0 Å². The molecular formula is C23H29N7O8. The van der Waals surface area contributed by atoms with Gasteiger partial charge >= 0.3 is 11.9 Å². The van der Waals surface area contributed by atoms with E-state index in [0.29, 0.717) is 11.3 Å². The lowest BCUT2D eigenvalue weighted by Crippen LogP contribution is -2.58. The molecule has 0 saturated heterocycles. The molecule has 0 saturated carbocycles. The Kier molecular flexibility index (Phi) is 10.9. The SMILES string of the molecule is NC(=O)CC(N)C(=O)NC(CC(=O)O)C(=O)NC(Cc1ccccc1)C(=O)NC(Cc1cnc[nH]1)C(=O)O. The molecule has 0 radical (unpaired) electrons. The Hall–Kier alpha value is -4.79. The zero-order chi connectivity index (χ0) is 28.2. The number of aromatic amines is 1. The Morgan fingerprint density at radius 3 is 2.00 bits per heavy atom. The third-order valence-corrected chi connectivity index (χ3v) is 5.28. The number of hydrogen-bond acceptors (Lipinski definition) is 8. The number of carboxylic acids is 2. The van der Waals surface area contributed by atoms with Gasteiger partial charge in [0.2, 0.25) is 23.6 Å². The Balaban J connectivity index is 2.23. The van der Waals surface area contributed by atoms with Gasteiger partial charge in [-0.2, -0.15) is 0 Å². The van der Waals surface area contributed by atoms with Crippen LogP contribution in [0.25, 0.3) is 0 Å². The van der Waals surface area contributed by atoms with Crippen LogP contribution in [-0.4, -0.2) is 79.9 Å². The number of amides is 4. The standard InChI is InChI=1S/C23H29N7O8/c24-14(8-18(25)31)20(34)28-16(9-19(32)33)22(36)29-15(6-12-4-2-1-3-5-12)21(35)30-17(23(37)38)7-13-10-26-11-27-13/h1-5,10-11,14-17H,6-9,24H2,(H2,25,31)(H,26,27)(H,28,34)(H,29,36)(H,30,35)(H,32,33)(H,37,38). The van der Waals surface area contributed by atoms with Gasteiger partial charge in [-0.1, -0.05) is 30.3 Å². The van der Waals surface area contributed by atoms with Crippen LogP contribution in [0.2, 0.25) is 0 Å². The number of aliphatic carboxylic acids is 2. The van der Waals surface area contributed by atoms with Crippen molar-refractivity contribution >= 4 is 35.6 Å². The summed E-state index contributed by atoms with van der Waals surface area (Å²) in [5, 5.41) is 25.7. The molecule has 0 aliphatic carbocycles. The van der Waals surface area contributed by atoms with E-state index in [2.05, 4.69) is 25.9 Å². The molecule has 2 aromatic rings. The van der Waals surface area contributed by atoms with Gasteiger partial charge in [-0.25, -0.2) is 9.78 Å². The monoisotopic (exact) mass is 531 g/mol. The van der Waals surface area contributed by atoms with Crippen LogP contribution in [0.3, 0.4) is 0 Å². The van der Waals surface area contributed by atoms with Crippen molar-refractivity contribution in [2.24, 2.45) is 11.5 Å². The second kappa shape index (κ2) is 14.1. The van der Waals surface area contributed by atoms with Crippen molar-refractivity contribution in [3.63, 3.8) is 0 Å². The molecule has 15 heteroatoms. The highest BCUT2D eigenvalue weighted by Crippen LogP contribution is 2.07. The number of H-pyrrole nitrogens is 1. The quantitative estimate of drug-likeness (QED) is 0.119. The van der Waals surface area contributed by atoms with Crippen LogP contribution in [0.1, 0.15) is 24.1 Å². The van der Waals surface area contributed by atoms with Gasteiger partial charge in [0.1, 0.15) is 18.1 Å². The second-order valence-electron chi connectivity index (χ2n) is 8.37. The normalized spacial score (nSPS) is 13.8. The Morgan fingerprint density at radius 1 is 0.842 bits per heavy atom. The van der Waals surface area contributed by atoms with Crippen LogP contribution in [0.4, 0.5) is 0 Å². The molecule has 10 N–H and O–H groups in total. The fourth-order valence-corrected chi connectivity index (χ4v) is 3.39. The predicted molar refractivity (Wildman–Crippen MR) is 130 cm³/mol. The Bertz CT molecular complexity index is 1140. The van der Waals surface area contributed by atoms with E-state index in [9.17, 15) is 39.0 Å². The fraction of sp³-hybridized carbons (Fsp3) is 0.348. The maximum atomic E-state index is 13.1. The summed E-state index contributed by atoms with van der Waals surface area (Å²) in [6.45, 7) is 0. The molecule has 4 amide bonds. The number of carbonyl (C=O) groups is 6. The van der Waals surface area contributed by atoms with Crippen LogP contribution in [0.15, 0.2) is 42.9 Å². The van der Waals surface area contributed by atoms with E-state index >= 15 is 0 Å². The van der Waals surface area contributed by atoms with E-state index < -0.39 is 72.6 Å². The highest BCUT2D eigenvalue weighted by molar-refractivity contribution is 5.96. The number of nitrogens with zero attached hydrogens (tertiary/aromatic N) is 1. The van der Waals surface area contributed by atoms with Crippen molar-refractivity contribution in [2.75, 3.05) is 0 Å². The van der Waals surface area contributed by atoms with Gasteiger partial charge in [0, 0.05) is 24.7 Å². The largest absolute Gasteiger partial charge is 0.481 e. The first-order valence-corrected chi connectivity index (χ1v) is 11.4. The molecule has 0 aliphatic heterocycles. The van der Waals surface area contributed by atoms with Gasteiger partial charge in [0.15, 0.2) is 0 Å². The van der Waals surface area contributed by atoms with Crippen molar-refractivity contribution in [3.8, 4) is 0 Å². The number of nitrogens with two attached hydrogens (primary N) is 2. The lowest BCUT2D eigenvalue weighted by Gasteiger charge is -2.24. The highest BCUT2D eigenvalue weighted by Gasteiger charge is 2.32. The average molecular weight is 532 g/mol. The number of hydrogen-bond donors (Lipinski definition) is 8. The van der Waals surface area contributed by atoms with E-state index in [1.165, 1.54) is 12.5 Å². The van der Waals surface area contributed by atoms with Crippen LogP contribution in [0.5, 0.6) is 0 Å². The lowest BCUT2D eigenvalue weighted by atomic mass is 10.0. The zero-order valence-electron chi connectivity index (χ0n) is 20.1. The number of carbonyl (C=O) groups excluding carboxylic acids is 4. The van der Waals surface area contributed by atoms with Crippen molar-refractivity contribution in [1.29, 1.82) is 0 Å². The van der Waals surface area contributed by atoms with E-state index in [1.807, 2.05) is 0 Å². The molecule has 204 valence electrons. The van der Waals surface area contributed by atoms with Gasteiger partial charge in [-0.3, -0.25) is 24.0 Å². The van der Waals surface area contributed by atoms with Gasteiger partial charge < -0.3 is 42.6 Å². The molecule has 4 atom stereocenters. The molecule has 0 aliphatic rings. The van der Waals surface area contributed by atoms with Crippen LogP contribution >= 0.6 is 0 Å². The number of primary amides is 1. The third kappa shape index (κ3) is 9.69. The summed E-state index contributed by atoms with van der Waals surface area (Å²) in [6.07, 6.45) is 1.14. The maximum Gasteiger partial charge on any atom is 0.326 e. The van der Waals surface area contributed by atoms with E-state index in [4.69, 9.17) is 11.5 Å². The smallest absolute Gasteiger partial charge is 0.326 e. The number of imidazole rings is 1. The van der Waals surface area contributed by atoms with Crippen LogP contribution in [0, 0.1) is 0 Å². The Morgan fingerprint density at radius 2 is 1.45 bits per heavy atom. The van der Waals surface area contributed by atoms with Crippen molar-refractivity contribution < 1.29 is 39.0 Å².